The average molecular weight is 514 g/mol. The fourth-order valence-corrected chi connectivity index (χ4v) is 7.05. The van der Waals surface area contributed by atoms with Gasteiger partial charge in [-0.15, -0.1) is 0 Å². The van der Waals surface area contributed by atoms with E-state index in [9.17, 15) is 14.7 Å². The summed E-state index contributed by atoms with van der Waals surface area (Å²) in [5, 5.41) is 15.9. The number of hydrogen-bond donors (Lipinski definition) is 2. The number of carbonyl (C=O) groups excluding carboxylic acids is 2. The van der Waals surface area contributed by atoms with Crippen LogP contribution in [0.15, 0.2) is 79.4 Å². The number of aromatic hydroxyl groups is 1. The molecule has 6 nitrogen and oxygen atoms in total. The summed E-state index contributed by atoms with van der Waals surface area (Å²) >= 11 is 0. The van der Waals surface area contributed by atoms with Gasteiger partial charge in [0.1, 0.15) is 12.3 Å². The van der Waals surface area contributed by atoms with Gasteiger partial charge < -0.3 is 19.6 Å². The molecule has 1 heterocycles. The van der Waals surface area contributed by atoms with E-state index in [1.165, 1.54) is 6.92 Å². The lowest BCUT2D eigenvalue weighted by Gasteiger charge is -2.60. The van der Waals surface area contributed by atoms with Crippen LogP contribution in [0.3, 0.4) is 0 Å². The summed E-state index contributed by atoms with van der Waals surface area (Å²) < 4.78 is 7.05. The normalized spacial score (nSPS) is 28.7. The summed E-state index contributed by atoms with van der Waals surface area (Å²) in [7, 11) is 2.19. The van der Waals surface area contributed by atoms with E-state index in [2.05, 4.69) is 18.9 Å². The van der Waals surface area contributed by atoms with Gasteiger partial charge >= 0.3 is 5.97 Å². The largest absolute Gasteiger partial charge is 0.508 e. The lowest BCUT2D eigenvalue weighted by molar-refractivity contribution is -0.917. The van der Waals surface area contributed by atoms with Crippen LogP contribution >= 0.6 is 0 Å². The standard InChI is InChI=1S/C32H36N2O4/c1-4-17-34(3)18-16-31(27-10-7-11-29(36)20-27)21-28(14-15-32(31,22-34)38-23(2)35)33-30(37)26-13-12-24-8-5-6-9-25(24)19-26/h4-13,19-20,28H,1,14-18,21-22H2,2-3H3,(H-,33,36,37)/p+1/t28-,31+,32?,34+/m1/s1. The second kappa shape index (κ2) is 9.91. The van der Waals surface area contributed by atoms with E-state index in [0.717, 1.165) is 40.3 Å². The molecular formula is C32H37N2O4+. The lowest BCUT2D eigenvalue weighted by Crippen LogP contribution is -2.72. The maximum absolute atomic E-state index is 13.4. The monoisotopic (exact) mass is 513 g/mol. The van der Waals surface area contributed by atoms with Crippen molar-refractivity contribution in [3.05, 3.63) is 90.5 Å². The molecule has 2 aliphatic rings. The summed E-state index contributed by atoms with van der Waals surface area (Å²) in [4.78, 5) is 26.0. The summed E-state index contributed by atoms with van der Waals surface area (Å²) in [6.45, 7) is 7.74. The van der Waals surface area contributed by atoms with Crippen LogP contribution in [-0.2, 0) is 14.9 Å². The van der Waals surface area contributed by atoms with Gasteiger partial charge in [0.05, 0.1) is 20.1 Å². The maximum atomic E-state index is 13.4. The van der Waals surface area contributed by atoms with Crippen LogP contribution in [0.1, 0.15) is 48.5 Å². The van der Waals surface area contributed by atoms with E-state index in [0.29, 0.717) is 31.4 Å². The number of phenols is 1. The number of quaternary nitrogens is 1. The van der Waals surface area contributed by atoms with Crippen molar-refractivity contribution >= 4 is 22.6 Å². The second-order valence-electron chi connectivity index (χ2n) is 11.4. The molecular weight excluding hydrogens is 476 g/mol. The van der Waals surface area contributed by atoms with Gasteiger partial charge in [0.15, 0.2) is 5.60 Å². The quantitative estimate of drug-likeness (QED) is 0.273. The lowest BCUT2D eigenvalue weighted by atomic mass is 9.54. The average Bonchev–Trinajstić information content (AvgIpc) is 2.88. The topological polar surface area (TPSA) is 75.6 Å². The summed E-state index contributed by atoms with van der Waals surface area (Å²) in [5.41, 5.74) is 0.280. The molecule has 1 amide bonds. The fraction of sp³-hybridized carbons (Fsp3) is 0.375. The Balaban J connectivity index is 1.50. The molecule has 6 heteroatoms. The number of fused-ring (bicyclic) bond motifs is 2. The van der Waals surface area contributed by atoms with Crippen molar-refractivity contribution in [1.29, 1.82) is 0 Å². The molecule has 4 atom stereocenters. The van der Waals surface area contributed by atoms with Crippen molar-refractivity contribution in [3.63, 3.8) is 0 Å². The first-order valence-electron chi connectivity index (χ1n) is 13.4. The van der Waals surface area contributed by atoms with Crippen LogP contribution in [0, 0.1) is 0 Å². The Morgan fingerprint density at radius 1 is 1.11 bits per heavy atom. The Morgan fingerprint density at radius 3 is 2.63 bits per heavy atom. The third-order valence-electron chi connectivity index (χ3n) is 8.73. The molecule has 1 saturated heterocycles. The number of rotatable bonds is 6. The number of phenolic OH excluding ortho intramolecular Hbond substituents is 1. The van der Waals surface area contributed by atoms with Gasteiger partial charge in [-0.3, -0.25) is 9.59 Å². The van der Waals surface area contributed by atoms with Crippen molar-refractivity contribution in [3.8, 4) is 5.75 Å². The molecule has 3 aromatic rings. The number of nitrogens with zero attached hydrogens (tertiary/aromatic N) is 1. The fourth-order valence-electron chi connectivity index (χ4n) is 7.05. The molecule has 5 rings (SSSR count). The van der Waals surface area contributed by atoms with Gasteiger partial charge in [-0.05, 0) is 65.9 Å². The van der Waals surface area contributed by atoms with E-state index in [-0.39, 0.29) is 23.7 Å². The molecule has 0 radical (unpaired) electrons. The van der Waals surface area contributed by atoms with Crippen LogP contribution in [-0.4, -0.2) is 59.8 Å². The predicted molar refractivity (Wildman–Crippen MR) is 149 cm³/mol. The predicted octanol–water partition coefficient (Wildman–Crippen LogP) is 5.10. The molecule has 1 aliphatic carbocycles. The van der Waals surface area contributed by atoms with E-state index in [1.807, 2.05) is 60.7 Å². The number of benzene rings is 3. The molecule has 0 bridgehead atoms. The number of likely N-dealkylation sites (N-methyl/N-ethyl adjacent to an activating group) is 1. The third-order valence-corrected chi connectivity index (χ3v) is 8.73. The van der Waals surface area contributed by atoms with Crippen LogP contribution in [0.5, 0.6) is 5.75 Å². The maximum Gasteiger partial charge on any atom is 0.303 e. The van der Waals surface area contributed by atoms with Gasteiger partial charge in [0.2, 0.25) is 0 Å². The summed E-state index contributed by atoms with van der Waals surface area (Å²) in [6.07, 6.45) is 4.63. The number of amides is 1. The highest BCUT2D eigenvalue weighted by Gasteiger charge is 2.64. The van der Waals surface area contributed by atoms with Crippen LogP contribution in [0.25, 0.3) is 10.8 Å². The van der Waals surface area contributed by atoms with Crippen LogP contribution in [0.2, 0.25) is 0 Å². The number of ether oxygens (including phenoxy) is 1. The highest BCUT2D eigenvalue weighted by atomic mass is 16.6. The smallest absolute Gasteiger partial charge is 0.303 e. The summed E-state index contributed by atoms with van der Waals surface area (Å²) in [6, 6.07) is 21.0. The van der Waals surface area contributed by atoms with Gasteiger partial charge in [-0.1, -0.05) is 49.0 Å². The van der Waals surface area contributed by atoms with Crippen molar-refractivity contribution in [2.75, 3.05) is 26.7 Å². The number of piperidine rings is 1. The van der Waals surface area contributed by atoms with Gasteiger partial charge in [-0.2, -0.15) is 0 Å². The highest BCUT2D eigenvalue weighted by molar-refractivity contribution is 5.98. The SMILES string of the molecule is C=CC[N@@+]1(C)CC[C@@]2(c3cccc(O)c3)C[C@H](NC(=O)c3ccc4ccccc4c3)CCC2(OC(C)=O)C1. The molecule has 2 fully saturated rings. The molecule has 2 N–H and O–H groups in total. The highest BCUT2D eigenvalue weighted by Crippen LogP contribution is 2.55. The molecule has 1 saturated carbocycles. The van der Waals surface area contributed by atoms with E-state index in [1.54, 1.807) is 12.1 Å². The Labute approximate surface area is 224 Å². The van der Waals surface area contributed by atoms with Crippen LogP contribution in [0.4, 0.5) is 0 Å². The van der Waals surface area contributed by atoms with Crippen molar-refractivity contribution in [1.82, 2.24) is 5.32 Å². The zero-order valence-electron chi connectivity index (χ0n) is 22.3. The summed E-state index contributed by atoms with van der Waals surface area (Å²) in [5.74, 6) is -0.222. The Bertz CT molecular complexity index is 1390. The molecule has 1 unspecified atom stereocenters. The number of hydrogen-bond acceptors (Lipinski definition) is 4. The van der Waals surface area contributed by atoms with E-state index >= 15 is 0 Å². The van der Waals surface area contributed by atoms with Gasteiger partial charge in [0, 0.05) is 30.4 Å². The molecule has 0 spiro atoms. The second-order valence-corrected chi connectivity index (χ2v) is 11.4. The first-order valence-corrected chi connectivity index (χ1v) is 13.4. The van der Waals surface area contributed by atoms with Crippen molar-refractivity contribution in [2.24, 2.45) is 0 Å². The van der Waals surface area contributed by atoms with E-state index in [4.69, 9.17) is 4.74 Å². The first kappa shape index (κ1) is 26.0. The minimum absolute atomic E-state index is 0.101. The number of esters is 1. The van der Waals surface area contributed by atoms with Gasteiger partial charge in [-0.25, -0.2) is 0 Å². The number of nitrogens with one attached hydrogen (secondary N) is 1. The number of likely N-dealkylation sites (tertiary alicyclic amines) is 1. The molecule has 0 aromatic heterocycles. The molecule has 3 aromatic carbocycles. The zero-order valence-corrected chi connectivity index (χ0v) is 22.3. The van der Waals surface area contributed by atoms with Crippen molar-refractivity contribution < 1.29 is 23.9 Å². The Kier molecular flexibility index (Phi) is 6.78. The number of carbonyl (C=O) groups is 2. The minimum Gasteiger partial charge on any atom is -0.508 e. The van der Waals surface area contributed by atoms with Crippen molar-refractivity contribution in [2.45, 2.75) is 49.7 Å². The minimum atomic E-state index is -0.757. The Hall–Kier alpha value is -3.64. The first-order chi connectivity index (χ1) is 18.2. The Morgan fingerprint density at radius 2 is 1.89 bits per heavy atom. The zero-order chi connectivity index (χ0) is 27.0. The molecule has 38 heavy (non-hydrogen) atoms. The van der Waals surface area contributed by atoms with Gasteiger partial charge in [0.25, 0.3) is 5.91 Å². The molecule has 1 aliphatic heterocycles. The van der Waals surface area contributed by atoms with E-state index < -0.39 is 11.0 Å². The van der Waals surface area contributed by atoms with Crippen LogP contribution < -0.4 is 5.32 Å². The third kappa shape index (κ3) is 4.69. The molecule has 198 valence electrons.